The van der Waals surface area contributed by atoms with Gasteiger partial charge in [0.15, 0.2) is 0 Å². The standard InChI is InChI=1S/C31H41NO/c1-31-17-7-10-29(31)27-16-13-23-8-3-4-9-26(23)30(27)28(22-31)24-11-14-25(15-12-24)33-21-20-32-18-5-2-6-19-32/h3-4,8-9,11-12,14-15,27-30H,2,5-7,10,13,16-22H2,1H3. The second-order valence-corrected chi connectivity index (χ2v) is 11.7. The molecule has 5 unspecified atom stereocenters. The molecule has 3 fully saturated rings. The minimum absolute atomic E-state index is 0.529. The molecule has 5 atom stereocenters. The summed E-state index contributed by atoms with van der Waals surface area (Å²) in [6.45, 7) is 6.97. The van der Waals surface area contributed by atoms with Gasteiger partial charge in [-0.05, 0) is 116 Å². The lowest BCUT2D eigenvalue weighted by Gasteiger charge is -2.53. The van der Waals surface area contributed by atoms with Crippen molar-refractivity contribution in [3.05, 3.63) is 65.2 Å². The minimum atomic E-state index is 0.529. The Morgan fingerprint density at radius 3 is 2.61 bits per heavy atom. The first-order valence-corrected chi connectivity index (χ1v) is 13.7. The van der Waals surface area contributed by atoms with E-state index in [1.807, 2.05) is 0 Å². The molecule has 0 bridgehead atoms. The lowest BCUT2D eigenvalue weighted by atomic mass is 9.51. The maximum absolute atomic E-state index is 6.16. The molecule has 0 radical (unpaired) electrons. The third-order valence-electron chi connectivity index (χ3n) is 9.85. The average molecular weight is 444 g/mol. The van der Waals surface area contributed by atoms with E-state index in [1.165, 1.54) is 76.4 Å². The van der Waals surface area contributed by atoms with Crippen molar-refractivity contribution in [2.45, 2.75) is 76.5 Å². The summed E-state index contributed by atoms with van der Waals surface area (Å²) in [5.41, 5.74) is 5.34. The van der Waals surface area contributed by atoms with Gasteiger partial charge in [-0.3, -0.25) is 4.90 Å². The summed E-state index contributed by atoms with van der Waals surface area (Å²) < 4.78 is 6.16. The second kappa shape index (κ2) is 9.10. The number of rotatable bonds is 5. The first-order valence-electron chi connectivity index (χ1n) is 13.7. The Labute approximate surface area is 200 Å². The average Bonchev–Trinajstić information content (AvgIpc) is 3.26. The molecule has 4 aliphatic rings. The second-order valence-electron chi connectivity index (χ2n) is 11.7. The Balaban J connectivity index is 1.22. The van der Waals surface area contributed by atoms with Crippen LogP contribution in [0.1, 0.15) is 86.8 Å². The lowest BCUT2D eigenvalue weighted by molar-refractivity contribution is 0.0432. The van der Waals surface area contributed by atoms with Gasteiger partial charge in [0, 0.05) is 6.54 Å². The van der Waals surface area contributed by atoms with Crippen LogP contribution in [0.4, 0.5) is 0 Å². The summed E-state index contributed by atoms with van der Waals surface area (Å²) in [4.78, 5) is 2.55. The van der Waals surface area contributed by atoms with Crippen LogP contribution in [0.3, 0.4) is 0 Å². The molecule has 2 nitrogen and oxygen atoms in total. The van der Waals surface area contributed by atoms with E-state index in [-0.39, 0.29) is 0 Å². The van der Waals surface area contributed by atoms with E-state index in [2.05, 4.69) is 60.4 Å². The number of hydrogen-bond donors (Lipinski definition) is 0. The molecule has 1 heterocycles. The number of aryl methyl sites for hydroxylation is 1. The third kappa shape index (κ3) is 4.14. The van der Waals surface area contributed by atoms with Crippen LogP contribution in [0.15, 0.2) is 48.5 Å². The van der Waals surface area contributed by atoms with E-state index < -0.39 is 0 Å². The fourth-order valence-corrected chi connectivity index (χ4v) is 8.27. The smallest absolute Gasteiger partial charge is 0.119 e. The highest BCUT2D eigenvalue weighted by Gasteiger charge is 2.54. The molecule has 33 heavy (non-hydrogen) atoms. The van der Waals surface area contributed by atoms with Crippen molar-refractivity contribution in [3.63, 3.8) is 0 Å². The normalized spacial score (nSPS) is 33.7. The van der Waals surface area contributed by atoms with Gasteiger partial charge in [0.05, 0.1) is 0 Å². The first kappa shape index (κ1) is 21.7. The topological polar surface area (TPSA) is 12.5 Å². The Bertz CT molecular complexity index is 946. The van der Waals surface area contributed by atoms with Crippen LogP contribution in [-0.2, 0) is 6.42 Å². The molecule has 0 aromatic heterocycles. The number of ether oxygens (including phenoxy) is 1. The zero-order valence-electron chi connectivity index (χ0n) is 20.5. The highest BCUT2D eigenvalue weighted by molar-refractivity contribution is 5.40. The van der Waals surface area contributed by atoms with Crippen molar-refractivity contribution in [1.82, 2.24) is 4.90 Å². The van der Waals surface area contributed by atoms with E-state index in [9.17, 15) is 0 Å². The number of hydrogen-bond acceptors (Lipinski definition) is 2. The van der Waals surface area contributed by atoms with Gasteiger partial charge < -0.3 is 4.74 Å². The van der Waals surface area contributed by atoms with Gasteiger partial charge in [-0.1, -0.05) is 56.2 Å². The summed E-state index contributed by atoms with van der Waals surface area (Å²) in [7, 11) is 0. The quantitative estimate of drug-likeness (QED) is 0.485. The Morgan fingerprint density at radius 1 is 0.939 bits per heavy atom. The predicted octanol–water partition coefficient (Wildman–Crippen LogP) is 7.19. The Morgan fingerprint density at radius 2 is 1.76 bits per heavy atom. The van der Waals surface area contributed by atoms with Gasteiger partial charge in [0.25, 0.3) is 0 Å². The van der Waals surface area contributed by atoms with Gasteiger partial charge in [-0.25, -0.2) is 0 Å². The third-order valence-corrected chi connectivity index (χ3v) is 9.85. The number of likely N-dealkylation sites (tertiary alicyclic amines) is 1. The van der Waals surface area contributed by atoms with Gasteiger partial charge in [0.1, 0.15) is 12.4 Å². The Hall–Kier alpha value is -1.80. The number of benzene rings is 2. The highest BCUT2D eigenvalue weighted by atomic mass is 16.5. The zero-order valence-corrected chi connectivity index (χ0v) is 20.5. The molecular formula is C31H41NO. The van der Waals surface area contributed by atoms with Crippen molar-refractivity contribution >= 4 is 0 Å². The fourth-order valence-electron chi connectivity index (χ4n) is 8.27. The zero-order chi connectivity index (χ0) is 22.3. The van der Waals surface area contributed by atoms with Crippen LogP contribution >= 0.6 is 0 Å². The molecule has 2 aromatic carbocycles. The maximum Gasteiger partial charge on any atom is 0.119 e. The van der Waals surface area contributed by atoms with Gasteiger partial charge in [-0.2, -0.15) is 0 Å². The molecular weight excluding hydrogens is 402 g/mol. The Kier molecular flexibility index (Phi) is 5.99. The first-order chi connectivity index (χ1) is 16.2. The van der Waals surface area contributed by atoms with Crippen LogP contribution in [0.2, 0.25) is 0 Å². The monoisotopic (exact) mass is 443 g/mol. The van der Waals surface area contributed by atoms with E-state index in [4.69, 9.17) is 4.74 Å². The van der Waals surface area contributed by atoms with Crippen LogP contribution in [-0.4, -0.2) is 31.1 Å². The summed E-state index contributed by atoms with van der Waals surface area (Å²) in [5, 5.41) is 0. The summed E-state index contributed by atoms with van der Waals surface area (Å²) >= 11 is 0. The molecule has 6 rings (SSSR count). The molecule has 2 heteroatoms. The molecule has 0 amide bonds. The lowest BCUT2D eigenvalue weighted by Crippen LogP contribution is -2.43. The summed E-state index contributed by atoms with van der Waals surface area (Å²) in [6.07, 6.45) is 12.4. The number of piperidine rings is 1. The van der Waals surface area contributed by atoms with E-state index in [0.29, 0.717) is 17.3 Å². The highest BCUT2D eigenvalue weighted by Crippen LogP contribution is 2.64. The van der Waals surface area contributed by atoms with Crippen molar-refractivity contribution < 1.29 is 4.74 Å². The van der Waals surface area contributed by atoms with Crippen molar-refractivity contribution in [1.29, 1.82) is 0 Å². The van der Waals surface area contributed by atoms with Gasteiger partial charge in [0.2, 0.25) is 0 Å². The molecule has 1 saturated heterocycles. The predicted molar refractivity (Wildman–Crippen MR) is 136 cm³/mol. The van der Waals surface area contributed by atoms with E-state index in [0.717, 1.165) is 30.7 Å². The van der Waals surface area contributed by atoms with E-state index >= 15 is 0 Å². The van der Waals surface area contributed by atoms with Crippen LogP contribution in [0.5, 0.6) is 5.75 Å². The van der Waals surface area contributed by atoms with Gasteiger partial charge >= 0.3 is 0 Å². The van der Waals surface area contributed by atoms with Crippen LogP contribution < -0.4 is 4.74 Å². The molecule has 3 aliphatic carbocycles. The number of fused-ring (bicyclic) bond motifs is 5. The molecule has 0 spiro atoms. The summed E-state index contributed by atoms with van der Waals surface area (Å²) in [6, 6.07) is 18.7. The van der Waals surface area contributed by atoms with Crippen molar-refractivity contribution in [3.8, 4) is 5.75 Å². The van der Waals surface area contributed by atoms with Crippen LogP contribution in [0, 0.1) is 17.3 Å². The maximum atomic E-state index is 6.16. The van der Waals surface area contributed by atoms with E-state index in [1.54, 1.807) is 11.1 Å². The largest absolute Gasteiger partial charge is 0.492 e. The molecule has 176 valence electrons. The van der Waals surface area contributed by atoms with Gasteiger partial charge in [-0.15, -0.1) is 0 Å². The molecule has 2 aromatic rings. The molecule has 1 aliphatic heterocycles. The number of nitrogens with zero attached hydrogens (tertiary/aromatic N) is 1. The van der Waals surface area contributed by atoms with Crippen molar-refractivity contribution in [2.75, 3.05) is 26.2 Å². The molecule has 2 saturated carbocycles. The SMILES string of the molecule is CC12CCCC1C1CCc3ccccc3C1C(c1ccc(OCCN3CCCCC3)cc1)C2. The molecule has 0 N–H and O–H groups in total. The summed E-state index contributed by atoms with van der Waals surface area (Å²) in [5.74, 6) is 4.14. The fraction of sp³-hybridized carbons (Fsp3) is 0.613. The van der Waals surface area contributed by atoms with Crippen LogP contribution in [0.25, 0.3) is 0 Å². The minimum Gasteiger partial charge on any atom is -0.492 e. The van der Waals surface area contributed by atoms with Crippen molar-refractivity contribution in [2.24, 2.45) is 17.3 Å².